The molecule has 0 saturated carbocycles. The normalized spacial score (nSPS) is 17.8. The molecule has 0 spiro atoms. The molecule has 2 aromatic heterocycles. The van der Waals surface area contributed by atoms with Crippen molar-refractivity contribution in [1.29, 1.82) is 0 Å². The van der Waals surface area contributed by atoms with Gasteiger partial charge >= 0.3 is 0 Å². The summed E-state index contributed by atoms with van der Waals surface area (Å²) in [6, 6.07) is 8.93. The Hall–Kier alpha value is -4.08. The largest absolute Gasteiger partial charge is 0.497 e. The minimum absolute atomic E-state index is 0.0474. The van der Waals surface area contributed by atoms with Crippen LogP contribution in [0.25, 0.3) is 16.6 Å². The smallest absolute Gasteiger partial charge is 0.226 e. The van der Waals surface area contributed by atoms with E-state index in [1.165, 1.54) is 13.2 Å². The lowest BCUT2D eigenvalue weighted by Gasteiger charge is -2.28. The molecule has 0 radical (unpaired) electrons. The number of fused-ring (bicyclic) bond motifs is 3. The van der Waals surface area contributed by atoms with E-state index in [2.05, 4.69) is 24.1 Å². The van der Waals surface area contributed by atoms with Crippen LogP contribution in [0.4, 0.5) is 10.3 Å². The third-order valence-corrected chi connectivity index (χ3v) is 6.55. The summed E-state index contributed by atoms with van der Waals surface area (Å²) in [6.07, 6.45) is 1.86. The molecule has 188 valence electrons. The molecule has 0 amide bonds. The van der Waals surface area contributed by atoms with Crippen LogP contribution in [-0.2, 0) is 6.54 Å². The van der Waals surface area contributed by atoms with E-state index in [-0.39, 0.29) is 11.7 Å². The highest BCUT2D eigenvalue weighted by molar-refractivity contribution is 5.93. The van der Waals surface area contributed by atoms with Gasteiger partial charge in [0.2, 0.25) is 5.95 Å². The topological polar surface area (TPSA) is 94.8 Å². The van der Waals surface area contributed by atoms with E-state index in [1.54, 1.807) is 24.8 Å². The van der Waals surface area contributed by atoms with Crippen molar-refractivity contribution in [2.24, 2.45) is 0 Å². The number of rotatable bonds is 7. The first-order valence-electron chi connectivity index (χ1n) is 11.8. The molecule has 0 aliphatic carbocycles. The highest BCUT2D eigenvalue weighted by Gasteiger charge is 2.27. The molecule has 5 rings (SSSR count). The van der Waals surface area contributed by atoms with E-state index < -0.39 is 5.82 Å². The molecule has 1 aliphatic heterocycles. The molecule has 1 saturated heterocycles. The maximum absolute atomic E-state index is 14.7. The van der Waals surface area contributed by atoms with Crippen LogP contribution in [0.5, 0.6) is 17.2 Å². The standard InChI is InChI=1S/C26H29FN6O3/c1-14-6-9-18(15(2)29-14)24-31-25-19-11-20(27)23(36-5)12-21(19)30-26(33(25)32-24)28-13-16-7-8-17(34-3)10-22(16)35-4/h7-8,10-12,14,18,29H,2,6,9,13H2,1,3-5H3,(H,28,30)/t14-,18+/m0/s1. The van der Waals surface area contributed by atoms with E-state index in [0.717, 1.165) is 24.1 Å². The predicted molar refractivity (Wildman–Crippen MR) is 135 cm³/mol. The van der Waals surface area contributed by atoms with E-state index >= 15 is 0 Å². The van der Waals surface area contributed by atoms with Crippen LogP contribution >= 0.6 is 0 Å². The summed E-state index contributed by atoms with van der Waals surface area (Å²) in [7, 11) is 4.65. The highest BCUT2D eigenvalue weighted by Crippen LogP contribution is 2.33. The summed E-state index contributed by atoms with van der Waals surface area (Å²) in [6.45, 7) is 6.72. The zero-order chi connectivity index (χ0) is 25.4. The van der Waals surface area contributed by atoms with E-state index in [1.807, 2.05) is 18.2 Å². The van der Waals surface area contributed by atoms with Gasteiger partial charge in [0.15, 0.2) is 23.0 Å². The average Bonchev–Trinajstić information content (AvgIpc) is 3.32. The van der Waals surface area contributed by atoms with E-state index in [0.29, 0.717) is 52.4 Å². The summed E-state index contributed by atoms with van der Waals surface area (Å²) in [4.78, 5) is 9.58. The second-order valence-electron chi connectivity index (χ2n) is 8.88. The van der Waals surface area contributed by atoms with Crippen molar-refractivity contribution in [2.45, 2.75) is 38.3 Å². The van der Waals surface area contributed by atoms with Crippen molar-refractivity contribution in [1.82, 2.24) is 24.9 Å². The van der Waals surface area contributed by atoms with Gasteiger partial charge in [-0.25, -0.2) is 14.4 Å². The minimum atomic E-state index is -0.487. The number of methoxy groups -OCH3 is 3. The maximum atomic E-state index is 14.7. The number of hydrogen-bond acceptors (Lipinski definition) is 8. The zero-order valence-corrected chi connectivity index (χ0v) is 20.8. The molecule has 0 unspecified atom stereocenters. The molecule has 10 heteroatoms. The summed E-state index contributed by atoms with van der Waals surface area (Å²) < 4.78 is 32.3. The fourth-order valence-corrected chi connectivity index (χ4v) is 4.58. The van der Waals surface area contributed by atoms with Crippen molar-refractivity contribution in [3.05, 3.63) is 59.8 Å². The Morgan fingerprint density at radius 3 is 2.61 bits per heavy atom. The van der Waals surface area contributed by atoms with Gasteiger partial charge in [0, 0.05) is 41.4 Å². The SMILES string of the molecule is C=C1N[C@@H](C)CC[C@H]1c1nc2c3cc(F)c(OC)cc3nc(NCc3ccc(OC)cc3OC)n2n1. The van der Waals surface area contributed by atoms with Crippen molar-refractivity contribution in [3.8, 4) is 17.2 Å². The van der Waals surface area contributed by atoms with Crippen LogP contribution in [0.1, 0.15) is 37.1 Å². The number of nitrogens with zero attached hydrogens (tertiary/aromatic N) is 4. The van der Waals surface area contributed by atoms with Crippen LogP contribution in [0, 0.1) is 5.82 Å². The quantitative estimate of drug-likeness (QED) is 0.392. The third kappa shape index (κ3) is 4.23. The molecule has 0 bridgehead atoms. The fourth-order valence-electron chi connectivity index (χ4n) is 4.58. The third-order valence-electron chi connectivity index (χ3n) is 6.55. The Labute approximate surface area is 208 Å². The van der Waals surface area contributed by atoms with Gasteiger partial charge in [-0.1, -0.05) is 6.58 Å². The number of hydrogen-bond donors (Lipinski definition) is 2. The number of benzene rings is 2. The Morgan fingerprint density at radius 2 is 1.89 bits per heavy atom. The van der Waals surface area contributed by atoms with Crippen LogP contribution in [-0.4, -0.2) is 47.0 Å². The molecule has 4 aromatic rings. The van der Waals surface area contributed by atoms with Crippen molar-refractivity contribution >= 4 is 22.5 Å². The number of piperidine rings is 1. The van der Waals surface area contributed by atoms with Gasteiger partial charge in [-0.3, -0.25) is 0 Å². The molecule has 36 heavy (non-hydrogen) atoms. The molecule has 1 aliphatic rings. The Bertz CT molecular complexity index is 1450. The highest BCUT2D eigenvalue weighted by atomic mass is 19.1. The summed E-state index contributed by atoms with van der Waals surface area (Å²) in [5, 5.41) is 12.1. The van der Waals surface area contributed by atoms with Gasteiger partial charge in [-0.2, -0.15) is 4.52 Å². The number of halogens is 1. The van der Waals surface area contributed by atoms with Crippen molar-refractivity contribution < 1.29 is 18.6 Å². The Morgan fingerprint density at radius 1 is 1.08 bits per heavy atom. The molecule has 1 fully saturated rings. The maximum Gasteiger partial charge on any atom is 0.226 e. The van der Waals surface area contributed by atoms with Crippen LogP contribution < -0.4 is 24.8 Å². The lowest BCUT2D eigenvalue weighted by Crippen LogP contribution is -2.33. The molecular weight excluding hydrogens is 463 g/mol. The molecule has 2 atom stereocenters. The summed E-state index contributed by atoms with van der Waals surface area (Å²) in [5.41, 5.74) is 2.83. The molecule has 2 N–H and O–H groups in total. The monoisotopic (exact) mass is 492 g/mol. The minimum Gasteiger partial charge on any atom is -0.497 e. The predicted octanol–water partition coefficient (Wildman–Crippen LogP) is 4.42. The fraction of sp³-hybridized carbons (Fsp3) is 0.346. The lowest BCUT2D eigenvalue weighted by atomic mass is 9.92. The van der Waals surface area contributed by atoms with Crippen LogP contribution in [0.2, 0.25) is 0 Å². The van der Waals surface area contributed by atoms with E-state index in [4.69, 9.17) is 29.3 Å². The van der Waals surface area contributed by atoms with Gasteiger partial charge in [-0.05, 0) is 38.0 Å². The number of anilines is 1. The van der Waals surface area contributed by atoms with Crippen LogP contribution in [0.3, 0.4) is 0 Å². The second kappa shape index (κ2) is 9.52. The Balaban J connectivity index is 1.60. The first-order chi connectivity index (χ1) is 17.4. The number of allylic oxidation sites excluding steroid dienone is 1. The second-order valence-corrected chi connectivity index (χ2v) is 8.88. The van der Waals surface area contributed by atoms with Gasteiger partial charge in [0.05, 0.1) is 32.8 Å². The Kier molecular flexibility index (Phi) is 6.26. The molecule has 9 nitrogen and oxygen atoms in total. The lowest BCUT2D eigenvalue weighted by molar-refractivity contribution is 0.387. The molecular formula is C26H29FN6O3. The first kappa shape index (κ1) is 23.7. The average molecular weight is 493 g/mol. The van der Waals surface area contributed by atoms with Gasteiger partial charge in [0.25, 0.3) is 0 Å². The molecule has 3 heterocycles. The van der Waals surface area contributed by atoms with Crippen LogP contribution in [0.15, 0.2) is 42.6 Å². The number of aromatic nitrogens is 4. The number of ether oxygens (including phenoxy) is 3. The van der Waals surface area contributed by atoms with Gasteiger partial charge in [0.1, 0.15) is 11.5 Å². The van der Waals surface area contributed by atoms with Crippen molar-refractivity contribution in [3.63, 3.8) is 0 Å². The van der Waals surface area contributed by atoms with Crippen molar-refractivity contribution in [2.75, 3.05) is 26.6 Å². The first-order valence-corrected chi connectivity index (χ1v) is 11.8. The van der Waals surface area contributed by atoms with Gasteiger partial charge in [-0.15, -0.1) is 5.10 Å². The molecule has 2 aromatic carbocycles. The van der Waals surface area contributed by atoms with E-state index in [9.17, 15) is 4.39 Å². The summed E-state index contributed by atoms with van der Waals surface area (Å²) in [5.74, 6) is 2.04. The number of nitrogens with one attached hydrogen (secondary N) is 2. The summed E-state index contributed by atoms with van der Waals surface area (Å²) >= 11 is 0. The zero-order valence-electron chi connectivity index (χ0n) is 20.8. The van der Waals surface area contributed by atoms with Gasteiger partial charge < -0.3 is 24.8 Å².